The van der Waals surface area contributed by atoms with Crippen LogP contribution in [-0.2, 0) is 14.8 Å². The summed E-state index contributed by atoms with van der Waals surface area (Å²) in [6.07, 6.45) is 1.38. The third kappa shape index (κ3) is 5.37. The summed E-state index contributed by atoms with van der Waals surface area (Å²) in [5.41, 5.74) is 5.84. The molecule has 0 aromatic heterocycles. The van der Waals surface area contributed by atoms with Gasteiger partial charge in [-0.2, -0.15) is 4.72 Å². The Bertz CT molecular complexity index is 692. The molecule has 1 atom stereocenters. The van der Waals surface area contributed by atoms with Crippen LogP contribution in [0.25, 0.3) is 0 Å². The summed E-state index contributed by atoms with van der Waals surface area (Å²) in [7, 11) is -4.13. The summed E-state index contributed by atoms with van der Waals surface area (Å²) in [6, 6.07) is 4.24. The molecule has 0 aliphatic carbocycles. The normalized spacial score (nSPS) is 17.2. The van der Waals surface area contributed by atoms with Gasteiger partial charge in [0.1, 0.15) is 16.8 Å². The summed E-state index contributed by atoms with van der Waals surface area (Å²) in [4.78, 5) is 13.9. The van der Waals surface area contributed by atoms with Crippen molar-refractivity contribution in [2.45, 2.75) is 43.7 Å². The average molecular weight is 394 g/mol. The Kier molecular flexibility index (Phi) is 7.80. The van der Waals surface area contributed by atoms with Gasteiger partial charge in [0, 0.05) is 19.1 Å². The van der Waals surface area contributed by atoms with Crippen LogP contribution in [0.2, 0.25) is 0 Å². The van der Waals surface area contributed by atoms with Gasteiger partial charge < -0.3 is 10.6 Å². The van der Waals surface area contributed by atoms with E-state index in [1.807, 2.05) is 0 Å². The number of amides is 1. The molecule has 6 nitrogen and oxygen atoms in total. The molecule has 0 radical (unpaired) electrons. The van der Waals surface area contributed by atoms with Gasteiger partial charge in [-0.05, 0) is 30.9 Å². The molecule has 9 heteroatoms. The smallest absolute Gasteiger partial charge is 0.244 e. The van der Waals surface area contributed by atoms with E-state index in [-0.39, 0.29) is 30.3 Å². The minimum Gasteiger partial charge on any atom is -0.341 e. The van der Waals surface area contributed by atoms with Crippen LogP contribution < -0.4 is 10.5 Å². The quantitative estimate of drug-likeness (QED) is 0.792. The minimum atomic E-state index is -4.13. The van der Waals surface area contributed by atoms with Gasteiger partial charge >= 0.3 is 0 Å². The first-order valence-corrected chi connectivity index (χ1v) is 9.52. The van der Waals surface area contributed by atoms with Crippen molar-refractivity contribution in [2.75, 3.05) is 13.1 Å². The Hall–Kier alpha value is -1.22. The molecule has 1 aromatic rings. The van der Waals surface area contributed by atoms with Crippen LogP contribution in [0.3, 0.4) is 0 Å². The number of nitrogens with two attached hydrogens (primary N) is 1. The third-order valence-corrected chi connectivity index (χ3v) is 5.67. The Balaban J connectivity index is 0.00000312. The Morgan fingerprint density at radius 1 is 1.28 bits per heavy atom. The molecule has 1 aromatic carbocycles. The second-order valence-electron chi connectivity index (χ2n) is 6.44. The molecule has 2 rings (SSSR count). The number of carbonyl (C=O) groups excluding carboxylic acids is 1. The number of nitrogens with zero attached hydrogens (tertiary/aromatic N) is 1. The number of piperidine rings is 1. The highest BCUT2D eigenvalue weighted by Gasteiger charge is 2.33. The van der Waals surface area contributed by atoms with Gasteiger partial charge in [-0.3, -0.25) is 4.79 Å². The first-order valence-electron chi connectivity index (χ1n) is 8.03. The molecule has 0 spiro atoms. The third-order valence-electron chi connectivity index (χ3n) is 4.19. The summed E-state index contributed by atoms with van der Waals surface area (Å²) < 4.78 is 41.1. The van der Waals surface area contributed by atoms with Crippen LogP contribution in [0.15, 0.2) is 29.2 Å². The van der Waals surface area contributed by atoms with Crippen molar-refractivity contribution >= 4 is 28.3 Å². The number of likely N-dealkylation sites (tertiary alicyclic amines) is 1. The fourth-order valence-electron chi connectivity index (χ4n) is 2.68. The lowest BCUT2D eigenvalue weighted by atomic mass is 10.0. The van der Waals surface area contributed by atoms with Gasteiger partial charge in [0.25, 0.3) is 0 Å². The van der Waals surface area contributed by atoms with E-state index < -0.39 is 26.8 Å². The van der Waals surface area contributed by atoms with Crippen molar-refractivity contribution < 1.29 is 17.6 Å². The lowest BCUT2D eigenvalue weighted by molar-refractivity contribution is -0.135. The average Bonchev–Trinajstić information content (AvgIpc) is 2.53. The van der Waals surface area contributed by atoms with E-state index in [0.717, 1.165) is 6.07 Å². The van der Waals surface area contributed by atoms with Gasteiger partial charge in [-0.1, -0.05) is 26.0 Å². The van der Waals surface area contributed by atoms with E-state index in [0.29, 0.717) is 25.9 Å². The predicted octanol–water partition coefficient (Wildman–Crippen LogP) is 1.50. The largest absolute Gasteiger partial charge is 0.341 e. The maximum absolute atomic E-state index is 13.8. The monoisotopic (exact) mass is 393 g/mol. The zero-order chi connectivity index (χ0) is 17.9. The van der Waals surface area contributed by atoms with E-state index >= 15 is 0 Å². The lowest BCUT2D eigenvalue weighted by Crippen LogP contribution is -2.54. The summed E-state index contributed by atoms with van der Waals surface area (Å²) in [5, 5.41) is 0. The van der Waals surface area contributed by atoms with Crippen LogP contribution >= 0.6 is 12.4 Å². The number of nitrogens with one attached hydrogen (secondary N) is 1. The Morgan fingerprint density at radius 3 is 2.36 bits per heavy atom. The van der Waals surface area contributed by atoms with Gasteiger partial charge in [0.05, 0.1) is 0 Å². The van der Waals surface area contributed by atoms with Crippen molar-refractivity contribution in [2.24, 2.45) is 11.7 Å². The second kappa shape index (κ2) is 8.93. The highest BCUT2D eigenvalue weighted by Crippen LogP contribution is 2.18. The van der Waals surface area contributed by atoms with E-state index in [2.05, 4.69) is 4.72 Å². The number of halogens is 2. The zero-order valence-electron chi connectivity index (χ0n) is 14.3. The number of sulfonamides is 1. The molecule has 1 fully saturated rings. The Labute approximate surface area is 154 Å². The van der Waals surface area contributed by atoms with Crippen molar-refractivity contribution in [3.63, 3.8) is 0 Å². The van der Waals surface area contributed by atoms with Crippen LogP contribution in [0.4, 0.5) is 4.39 Å². The molecule has 0 bridgehead atoms. The highest BCUT2D eigenvalue weighted by molar-refractivity contribution is 7.89. The second-order valence-corrected chi connectivity index (χ2v) is 8.12. The van der Waals surface area contributed by atoms with Gasteiger partial charge in [0.2, 0.25) is 15.9 Å². The van der Waals surface area contributed by atoms with Gasteiger partial charge in [0.15, 0.2) is 0 Å². The van der Waals surface area contributed by atoms with Crippen molar-refractivity contribution in [3.8, 4) is 0 Å². The predicted molar refractivity (Wildman–Crippen MR) is 96.4 cm³/mol. The van der Waals surface area contributed by atoms with E-state index in [1.165, 1.54) is 18.2 Å². The standard InChI is InChI=1S/C16H24FN3O3S.ClH/c1-11(2)15(16(21)20-9-7-12(18)8-10-20)19-24(22,23)14-6-4-3-5-13(14)17;/h3-6,11-12,15,19H,7-10,18H2,1-2H3;1H. The maximum Gasteiger partial charge on any atom is 0.244 e. The topological polar surface area (TPSA) is 92.5 Å². The lowest BCUT2D eigenvalue weighted by Gasteiger charge is -2.34. The van der Waals surface area contributed by atoms with Crippen LogP contribution in [0, 0.1) is 11.7 Å². The molecule has 1 aliphatic heterocycles. The summed E-state index contributed by atoms with van der Waals surface area (Å²) in [5.74, 6) is -1.41. The SMILES string of the molecule is CC(C)C(NS(=O)(=O)c1ccccc1F)C(=O)N1CCC(N)CC1.Cl. The van der Waals surface area contributed by atoms with Crippen molar-refractivity contribution in [1.82, 2.24) is 9.62 Å². The molecule has 1 saturated heterocycles. The molecule has 25 heavy (non-hydrogen) atoms. The number of hydrogen-bond donors (Lipinski definition) is 2. The fourth-order valence-corrected chi connectivity index (χ4v) is 4.10. The Morgan fingerprint density at radius 2 is 1.84 bits per heavy atom. The van der Waals surface area contributed by atoms with Crippen LogP contribution in [-0.4, -0.2) is 44.4 Å². The minimum absolute atomic E-state index is 0. The molecule has 142 valence electrons. The molecule has 1 amide bonds. The van der Waals surface area contributed by atoms with Crippen LogP contribution in [0.1, 0.15) is 26.7 Å². The fraction of sp³-hybridized carbons (Fsp3) is 0.562. The van der Waals surface area contributed by atoms with Gasteiger partial charge in [-0.15, -0.1) is 12.4 Å². The number of hydrogen-bond acceptors (Lipinski definition) is 4. The molecule has 1 heterocycles. The number of carbonyl (C=O) groups is 1. The summed E-state index contributed by atoms with van der Waals surface area (Å²) in [6.45, 7) is 4.51. The first kappa shape index (κ1) is 21.8. The van der Waals surface area contributed by atoms with Crippen molar-refractivity contribution in [1.29, 1.82) is 0 Å². The van der Waals surface area contributed by atoms with E-state index in [4.69, 9.17) is 5.73 Å². The summed E-state index contributed by atoms with van der Waals surface area (Å²) >= 11 is 0. The number of benzene rings is 1. The molecular formula is C16H25ClFN3O3S. The molecular weight excluding hydrogens is 369 g/mol. The van der Waals surface area contributed by atoms with Gasteiger partial charge in [-0.25, -0.2) is 12.8 Å². The van der Waals surface area contributed by atoms with Crippen LogP contribution in [0.5, 0.6) is 0 Å². The van der Waals surface area contributed by atoms with Crippen molar-refractivity contribution in [3.05, 3.63) is 30.1 Å². The first-order chi connectivity index (χ1) is 11.2. The van der Waals surface area contributed by atoms with E-state index in [9.17, 15) is 17.6 Å². The molecule has 1 unspecified atom stereocenters. The number of rotatable bonds is 5. The maximum atomic E-state index is 13.8. The highest BCUT2D eigenvalue weighted by atomic mass is 35.5. The zero-order valence-corrected chi connectivity index (χ0v) is 15.9. The molecule has 3 N–H and O–H groups in total. The van der Waals surface area contributed by atoms with E-state index in [1.54, 1.807) is 18.7 Å². The molecule has 1 aliphatic rings. The molecule has 0 saturated carbocycles.